The van der Waals surface area contributed by atoms with E-state index < -0.39 is 0 Å². The molecular formula is C9H7FIN. The summed E-state index contributed by atoms with van der Waals surface area (Å²) in [5.74, 6) is -0.355. The number of nitrogens with zero attached hydrogens (tertiary/aromatic N) is 1. The van der Waals surface area contributed by atoms with Crippen LogP contribution in [-0.2, 0) is 0 Å². The number of halogens is 2. The van der Waals surface area contributed by atoms with E-state index in [-0.39, 0.29) is 11.5 Å². The fourth-order valence-electron chi connectivity index (χ4n) is 0.908. The Morgan fingerprint density at radius 3 is 2.67 bits per heavy atom. The molecule has 0 unspecified atom stereocenters. The number of rotatable bonds is 2. The molecule has 0 N–H and O–H groups in total. The summed E-state index contributed by atoms with van der Waals surface area (Å²) in [7, 11) is 0. The van der Waals surface area contributed by atoms with Crippen LogP contribution in [-0.4, -0.2) is 6.72 Å². The molecule has 1 rings (SSSR count). The van der Waals surface area contributed by atoms with Crippen molar-refractivity contribution in [1.29, 1.82) is 0 Å². The Kier molecular flexibility index (Phi) is 2.97. The molecule has 0 saturated carbocycles. The van der Waals surface area contributed by atoms with Crippen molar-refractivity contribution in [3.05, 3.63) is 33.7 Å². The summed E-state index contributed by atoms with van der Waals surface area (Å²) in [6.07, 6.45) is 1.56. The molecule has 0 spiro atoms. The first-order valence-corrected chi connectivity index (χ1v) is 4.35. The molecule has 1 nitrogen and oxygen atoms in total. The van der Waals surface area contributed by atoms with Crippen LogP contribution in [0.1, 0.15) is 5.56 Å². The maximum Gasteiger partial charge on any atom is 0.150 e. The summed E-state index contributed by atoms with van der Waals surface area (Å²) in [4.78, 5) is 3.58. The maximum atomic E-state index is 13.1. The van der Waals surface area contributed by atoms with Gasteiger partial charge in [-0.3, -0.25) is 4.99 Å². The SMILES string of the molecule is C=Cc1cc(I)cc(F)c1N=C. The van der Waals surface area contributed by atoms with Gasteiger partial charge in [0.1, 0.15) is 11.5 Å². The van der Waals surface area contributed by atoms with E-state index in [2.05, 4.69) is 18.3 Å². The molecule has 0 atom stereocenters. The quantitative estimate of drug-likeness (QED) is 0.579. The van der Waals surface area contributed by atoms with E-state index in [1.165, 1.54) is 6.07 Å². The standard InChI is InChI=1S/C9H7FIN/c1-3-6-4-7(11)5-8(10)9(6)12-2/h3-5H,1-2H2. The molecule has 1 aromatic carbocycles. The van der Waals surface area contributed by atoms with E-state index in [0.717, 1.165) is 3.57 Å². The summed E-state index contributed by atoms with van der Waals surface area (Å²) in [5, 5.41) is 0. The van der Waals surface area contributed by atoms with Gasteiger partial charge in [-0.05, 0) is 41.4 Å². The lowest BCUT2D eigenvalue weighted by Crippen LogP contribution is -1.83. The Bertz CT molecular complexity index is 334. The van der Waals surface area contributed by atoms with Gasteiger partial charge in [0.25, 0.3) is 0 Å². The van der Waals surface area contributed by atoms with Gasteiger partial charge in [0.2, 0.25) is 0 Å². The van der Waals surface area contributed by atoms with Gasteiger partial charge in [-0.1, -0.05) is 12.7 Å². The van der Waals surface area contributed by atoms with Crippen molar-refractivity contribution in [2.24, 2.45) is 4.99 Å². The Morgan fingerprint density at radius 1 is 1.50 bits per heavy atom. The number of hydrogen-bond acceptors (Lipinski definition) is 1. The van der Waals surface area contributed by atoms with Crippen LogP contribution >= 0.6 is 22.6 Å². The fourth-order valence-corrected chi connectivity index (χ4v) is 1.52. The van der Waals surface area contributed by atoms with E-state index >= 15 is 0 Å². The highest BCUT2D eigenvalue weighted by molar-refractivity contribution is 14.1. The van der Waals surface area contributed by atoms with Gasteiger partial charge in [0.05, 0.1) is 0 Å². The third-order valence-corrected chi connectivity index (χ3v) is 2.06. The zero-order valence-corrected chi connectivity index (χ0v) is 8.51. The molecule has 1 aromatic rings. The summed E-state index contributed by atoms with van der Waals surface area (Å²) in [6, 6.07) is 3.22. The highest BCUT2D eigenvalue weighted by Gasteiger charge is 2.05. The molecule has 0 heterocycles. The fraction of sp³-hybridized carbons (Fsp3) is 0. The molecule has 0 aliphatic rings. The minimum absolute atomic E-state index is 0.269. The Balaban J connectivity index is 3.43. The van der Waals surface area contributed by atoms with E-state index in [0.29, 0.717) is 5.56 Å². The molecular weight excluding hydrogens is 268 g/mol. The lowest BCUT2D eigenvalue weighted by molar-refractivity contribution is 0.629. The first-order valence-electron chi connectivity index (χ1n) is 3.27. The second-order valence-corrected chi connectivity index (χ2v) is 3.43. The van der Waals surface area contributed by atoms with Crippen LogP contribution in [0.25, 0.3) is 6.08 Å². The zero-order chi connectivity index (χ0) is 9.14. The first kappa shape index (κ1) is 9.38. The van der Waals surface area contributed by atoms with Crippen LogP contribution in [0.2, 0.25) is 0 Å². The lowest BCUT2D eigenvalue weighted by atomic mass is 10.2. The molecule has 0 bridgehead atoms. The van der Waals surface area contributed by atoms with Crippen molar-refractivity contribution < 1.29 is 4.39 Å². The normalized spacial score (nSPS) is 9.50. The molecule has 0 saturated heterocycles. The molecule has 0 aliphatic carbocycles. The predicted molar refractivity (Wildman–Crippen MR) is 58.4 cm³/mol. The van der Waals surface area contributed by atoms with E-state index in [9.17, 15) is 4.39 Å². The van der Waals surface area contributed by atoms with Crippen LogP contribution in [0.5, 0.6) is 0 Å². The number of benzene rings is 1. The summed E-state index contributed by atoms with van der Waals surface area (Å²) >= 11 is 2.04. The Morgan fingerprint density at radius 2 is 2.17 bits per heavy atom. The van der Waals surface area contributed by atoms with E-state index in [1.54, 1.807) is 12.1 Å². The highest BCUT2D eigenvalue weighted by Crippen LogP contribution is 2.26. The van der Waals surface area contributed by atoms with Crippen molar-refractivity contribution >= 4 is 41.1 Å². The third-order valence-electron chi connectivity index (χ3n) is 1.44. The Labute approximate surface area is 84.2 Å². The van der Waals surface area contributed by atoms with Crippen molar-refractivity contribution in [2.75, 3.05) is 0 Å². The molecule has 3 heteroatoms. The van der Waals surface area contributed by atoms with Gasteiger partial charge < -0.3 is 0 Å². The third kappa shape index (κ3) is 1.72. The minimum Gasteiger partial charge on any atom is -0.261 e. The van der Waals surface area contributed by atoms with Crippen molar-refractivity contribution in [1.82, 2.24) is 0 Å². The first-order chi connectivity index (χ1) is 5.69. The topological polar surface area (TPSA) is 12.4 Å². The second-order valence-electron chi connectivity index (χ2n) is 2.19. The smallest absolute Gasteiger partial charge is 0.150 e. The minimum atomic E-state index is -0.355. The second kappa shape index (κ2) is 3.80. The molecule has 0 amide bonds. The van der Waals surface area contributed by atoms with Crippen molar-refractivity contribution in [2.45, 2.75) is 0 Å². The average molecular weight is 275 g/mol. The average Bonchev–Trinajstić information content (AvgIpc) is 2.03. The largest absolute Gasteiger partial charge is 0.261 e. The van der Waals surface area contributed by atoms with E-state index in [1.807, 2.05) is 22.6 Å². The predicted octanol–water partition coefficient (Wildman–Crippen LogP) is 3.41. The van der Waals surface area contributed by atoms with Gasteiger partial charge in [-0.15, -0.1) is 0 Å². The number of hydrogen-bond donors (Lipinski definition) is 0. The molecule has 0 fully saturated rings. The summed E-state index contributed by atoms with van der Waals surface area (Å²) in [6.45, 7) is 6.85. The number of aliphatic imine (C=N–C) groups is 1. The van der Waals surface area contributed by atoms with Gasteiger partial charge in [-0.25, -0.2) is 4.39 Å². The molecule has 62 valence electrons. The zero-order valence-electron chi connectivity index (χ0n) is 6.35. The summed E-state index contributed by atoms with van der Waals surface area (Å²) in [5.41, 5.74) is 0.944. The maximum absolute atomic E-state index is 13.1. The van der Waals surface area contributed by atoms with E-state index in [4.69, 9.17) is 0 Å². The Hall–Kier alpha value is -0.710. The highest BCUT2D eigenvalue weighted by atomic mass is 127. The molecule has 12 heavy (non-hydrogen) atoms. The van der Waals surface area contributed by atoms with Crippen LogP contribution in [0, 0.1) is 9.39 Å². The van der Waals surface area contributed by atoms with Gasteiger partial charge in [0.15, 0.2) is 0 Å². The van der Waals surface area contributed by atoms with Crippen molar-refractivity contribution in [3.8, 4) is 0 Å². The molecule has 0 aliphatic heterocycles. The summed E-state index contributed by atoms with van der Waals surface area (Å²) < 4.78 is 13.9. The van der Waals surface area contributed by atoms with Crippen LogP contribution in [0.15, 0.2) is 23.7 Å². The van der Waals surface area contributed by atoms with Crippen LogP contribution < -0.4 is 0 Å². The lowest BCUT2D eigenvalue weighted by Gasteiger charge is -2.01. The van der Waals surface area contributed by atoms with Gasteiger partial charge in [0, 0.05) is 9.13 Å². The van der Waals surface area contributed by atoms with Crippen LogP contribution in [0.4, 0.5) is 10.1 Å². The van der Waals surface area contributed by atoms with Crippen LogP contribution in [0.3, 0.4) is 0 Å². The molecule has 0 radical (unpaired) electrons. The molecule has 0 aromatic heterocycles. The van der Waals surface area contributed by atoms with Gasteiger partial charge >= 0.3 is 0 Å². The monoisotopic (exact) mass is 275 g/mol. The van der Waals surface area contributed by atoms with Crippen molar-refractivity contribution in [3.63, 3.8) is 0 Å². The van der Waals surface area contributed by atoms with Gasteiger partial charge in [-0.2, -0.15) is 0 Å².